The number of carboxylic acids is 1. The maximum absolute atomic E-state index is 17.3. The molecule has 5 aliphatic rings. The van der Waals surface area contributed by atoms with Gasteiger partial charge in [-0.15, -0.1) is 0 Å². The van der Waals surface area contributed by atoms with Crippen molar-refractivity contribution in [3.05, 3.63) is 59.4 Å². The van der Waals surface area contributed by atoms with E-state index in [4.69, 9.17) is 4.84 Å². The number of benzene rings is 1. The summed E-state index contributed by atoms with van der Waals surface area (Å²) in [6, 6.07) is 5.85. The molecule has 37 heavy (non-hydrogen) atoms. The molecule has 198 valence electrons. The van der Waals surface area contributed by atoms with Crippen LogP contribution in [0.25, 0.3) is 0 Å². The molecule has 0 spiro atoms. The second-order valence-electron chi connectivity index (χ2n) is 11.9. The van der Waals surface area contributed by atoms with Gasteiger partial charge in [-0.2, -0.15) is 5.06 Å². The molecular formula is C28H30F3NO5. The molecule has 1 aromatic rings. The third-order valence-corrected chi connectivity index (χ3v) is 10.3. The summed E-state index contributed by atoms with van der Waals surface area (Å²) >= 11 is 0. The van der Waals surface area contributed by atoms with E-state index in [0.717, 1.165) is 11.6 Å². The highest BCUT2D eigenvalue weighted by atomic mass is 19.1. The zero-order valence-corrected chi connectivity index (χ0v) is 20.7. The van der Waals surface area contributed by atoms with Crippen molar-refractivity contribution in [3.8, 4) is 0 Å². The molecule has 3 saturated carbocycles. The van der Waals surface area contributed by atoms with Gasteiger partial charge in [-0.3, -0.25) is 9.63 Å². The molecule has 9 atom stereocenters. The number of aliphatic hydroxyl groups excluding tert-OH is 1. The second-order valence-corrected chi connectivity index (χ2v) is 11.9. The van der Waals surface area contributed by atoms with Crippen molar-refractivity contribution in [2.45, 2.75) is 63.2 Å². The van der Waals surface area contributed by atoms with Crippen molar-refractivity contribution >= 4 is 11.8 Å². The molecule has 4 aliphatic carbocycles. The van der Waals surface area contributed by atoms with Crippen molar-refractivity contribution in [1.82, 2.24) is 5.06 Å². The summed E-state index contributed by atoms with van der Waals surface area (Å²) in [7, 11) is 0. The maximum atomic E-state index is 17.3. The largest absolute Gasteiger partial charge is 0.479 e. The topological polar surface area (TPSA) is 87.1 Å². The van der Waals surface area contributed by atoms with Gasteiger partial charge in [0.15, 0.2) is 17.1 Å². The normalized spacial score (nSPS) is 46.6. The molecule has 0 bridgehead atoms. The zero-order chi connectivity index (χ0) is 26.5. The number of fused-ring (bicyclic) bond motifs is 7. The van der Waals surface area contributed by atoms with E-state index >= 15 is 8.78 Å². The number of hydroxylamine groups is 2. The van der Waals surface area contributed by atoms with Crippen LogP contribution in [0.15, 0.2) is 48.1 Å². The average molecular weight is 518 g/mol. The fourth-order valence-corrected chi connectivity index (χ4v) is 8.57. The van der Waals surface area contributed by atoms with Gasteiger partial charge in [0.2, 0.25) is 0 Å². The molecule has 6 rings (SSSR count). The third-order valence-electron chi connectivity index (χ3n) is 10.3. The molecule has 2 N–H and O–H groups in total. The second kappa shape index (κ2) is 7.77. The number of ketones is 1. The Kier molecular flexibility index (Phi) is 5.21. The van der Waals surface area contributed by atoms with Crippen LogP contribution >= 0.6 is 0 Å². The highest BCUT2D eigenvalue weighted by Crippen LogP contribution is 2.72. The van der Waals surface area contributed by atoms with E-state index in [0.29, 0.717) is 6.42 Å². The summed E-state index contributed by atoms with van der Waals surface area (Å²) in [5.74, 6) is -4.02. The number of rotatable bonds is 3. The molecule has 0 amide bonds. The van der Waals surface area contributed by atoms with Crippen molar-refractivity contribution in [2.75, 3.05) is 6.54 Å². The van der Waals surface area contributed by atoms with Gasteiger partial charge in [0.1, 0.15) is 12.0 Å². The molecule has 0 radical (unpaired) electrons. The fraction of sp³-hybridized carbons (Fsp3) is 0.571. The number of halogens is 3. The van der Waals surface area contributed by atoms with E-state index in [1.165, 1.54) is 31.2 Å². The molecule has 1 unspecified atom stereocenters. The zero-order valence-electron chi connectivity index (χ0n) is 20.7. The molecule has 6 nitrogen and oxygen atoms in total. The standard InChI is InChI=1S/C28H30F3NO5/c1-25-8-7-18(33)10-21(25)22(30)11-20-19-9-16-14-32(13-15-3-5-17(29)6-4-15)37-28(16,24(35)36)26(19,2)12-23(34)27(20,25)31/h3-8,10,16,19-20,22-23,34H,9,11-14H2,1-2H3,(H,35,36)/t16-,19?,20-,22-,23-,25-,26-,27-,28-/m0/s1. The van der Waals surface area contributed by atoms with Gasteiger partial charge in [-0.25, -0.2) is 18.0 Å². The number of alkyl halides is 2. The first-order valence-corrected chi connectivity index (χ1v) is 12.7. The van der Waals surface area contributed by atoms with E-state index in [2.05, 4.69) is 0 Å². The van der Waals surface area contributed by atoms with Gasteiger partial charge < -0.3 is 10.2 Å². The predicted octanol–water partition coefficient (Wildman–Crippen LogP) is 3.94. The van der Waals surface area contributed by atoms with E-state index in [1.807, 2.05) is 0 Å². The van der Waals surface area contributed by atoms with Gasteiger partial charge in [0.25, 0.3) is 0 Å². The lowest BCUT2D eigenvalue weighted by atomic mass is 9.44. The highest BCUT2D eigenvalue weighted by molar-refractivity contribution is 6.01. The Morgan fingerprint density at radius 1 is 1.19 bits per heavy atom. The van der Waals surface area contributed by atoms with Crippen LogP contribution in [0, 0.1) is 34.4 Å². The third kappa shape index (κ3) is 2.99. The van der Waals surface area contributed by atoms with E-state index in [9.17, 15) is 24.2 Å². The minimum Gasteiger partial charge on any atom is -0.479 e. The lowest BCUT2D eigenvalue weighted by Gasteiger charge is -2.63. The summed E-state index contributed by atoms with van der Waals surface area (Å²) in [4.78, 5) is 31.1. The quantitative estimate of drug-likeness (QED) is 0.632. The molecule has 1 heterocycles. The van der Waals surface area contributed by atoms with Crippen LogP contribution in [0.3, 0.4) is 0 Å². The minimum atomic E-state index is -2.27. The van der Waals surface area contributed by atoms with Gasteiger partial charge >= 0.3 is 5.97 Å². The van der Waals surface area contributed by atoms with Gasteiger partial charge in [0.05, 0.1) is 6.10 Å². The first-order valence-electron chi connectivity index (χ1n) is 12.7. The monoisotopic (exact) mass is 517 g/mol. The molecule has 0 aromatic heterocycles. The Balaban J connectivity index is 1.38. The van der Waals surface area contributed by atoms with E-state index < -0.39 is 63.9 Å². The number of carboxylic acid groups (broad SMARTS) is 1. The Labute approximate surface area is 212 Å². The SMILES string of the molecule is C[C@]12C=CC(=O)C=C1[C@@H](F)C[C@H]1C3C[C@H]4CN(Cc5ccc(F)cc5)O[C@@]4(C(=O)O)[C@@]3(C)C[C@H](O)[C@@]12F. The predicted molar refractivity (Wildman–Crippen MR) is 126 cm³/mol. The van der Waals surface area contributed by atoms with Crippen LogP contribution in [0.2, 0.25) is 0 Å². The molecule has 1 aliphatic heterocycles. The molecule has 1 aromatic carbocycles. The highest BCUT2D eigenvalue weighted by Gasteiger charge is 2.80. The van der Waals surface area contributed by atoms with Crippen molar-refractivity contribution in [1.29, 1.82) is 0 Å². The number of carbonyl (C=O) groups excluding carboxylic acids is 1. The van der Waals surface area contributed by atoms with Crippen molar-refractivity contribution < 1.29 is 37.8 Å². The molecule has 9 heteroatoms. The lowest BCUT2D eigenvalue weighted by molar-refractivity contribution is -0.275. The Morgan fingerprint density at radius 2 is 1.89 bits per heavy atom. The first-order chi connectivity index (χ1) is 17.4. The summed E-state index contributed by atoms with van der Waals surface area (Å²) < 4.78 is 46.2. The van der Waals surface area contributed by atoms with Crippen LogP contribution in [-0.2, 0) is 21.0 Å². The van der Waals surface area contributed by atoms with Crippen LogP contribution in [0.1, 0.15) is 38.7 Å². The van der Waals surface area contributed by atoms with Crippen LogP contribution in [0.5, 0.6) is 0 Å². The summed E-state index contributed by atoms with van der Waals surface area (Å²) in [6.45, 7) is 3.74. The molecular weight excluding hydrogens is 487 g/mol. The fourth-order valence-electron chi connectivity index (χ4n) is 8.57. The number of allylic oxidation sites excluding steroid dienone is 4. The number of aliphatic hydroxyl groups is 1. The molecule has 4 fully saturated rings. The first kappa shape index (κ1) is 24.8. The number of aliphatic carboxylic acids is 1. The number of hydrogen-bond acceptors (Lipinski definition) is 5. The van der Waals surface area contributed by atoms with Crippen molar-refractivity contribution in [2.24, 2.45) is 28.6 Å². The number of hydrogen-bond donors (Lipinski definition) is 2. The van der Waals surface area contributed by atoms with E-state index in [-0.39, 0.29) is 37.3 Å². The van der Waals surface area contributed by atoms with Crippen LogP contribution in [-0.4, -0.2) is 57.1 Å². The van der Waals surface area contributed by atoms with Gasteiger partial charge in [-0.1, -0.05) is 25.1 Å². The van der Waals surface area contributed by atoms with Crippen LogP contribution < -0.4 is 0 Å². The summed E-state index contributed by atoms with van der Waals surface area (Å²) in [5.41, 5.74) is -5.90. The smallest absolute Gasteiger partial charge is 0.339 e. The van der Waals surface area contributed by atoms with Gasteiger partial charge in [-0.05, 0) is 67.5 Å². The minimum absolute atomic E-state index is 0.0364. The molecule has 1 saturated heterocycles. The lowest BCUT2D eigenvalue weighted by Crippen LogP contribution is -2.70. The maximum Gasteiger partial charge on any atom is 0.339 e. The Hall–Kier alpha value is -2.49. The van der Waals surface area contributed by atoms with E-state index in [1.54, 1.807) is 24.1 Å². The number of carbonyl (C=O) groups is 2. The van der Waals surface area contributed by atoms with Crippen molar-refractivity contribution in [3.63, 3.8) is 0 Å². The summed E-state index contributed by atoms with van der Waals surface area (Å²) in [6.07, 6.45) is 0.439. The number of nitrogens with zero attached hydrogens (tertiary/aromatic N) is 1. The Bertz CT molecular complexity index is 1230. The van der Waals surface area contributed by atoms with Crippen LogP contribution in [0.4, 0.5) is 13.2 Å². The Morgan fingerprint density at radius 3 is 2.57 bits per heavy atom. The average Bonchev–Trinajstić information content (AvgIpc) is 3.31. The van der Waals surface area contributed by atoms with Gasteiger partial charge in [0, 0.05) is 35.8 Å². The summed E-state index contributed by atoms with van der Waals surface area (Å²) in [5, 5.41) is 23.5.